The minimum Gasteiger partial charge on any atom is -0.347 e. The van der Waals surface area contributed by atoms with Crippen molar-refractivity contribution in [2.75, 3.05) is 26.3 Å². The number of piperidine rings is 1. The van der Waals surface area contributed by atoms with Crippen LogP contribution in [-0.4, -0.2) is 52.3 Å². The second-order valence-corrected chi connectivity index (χ2v) is 5.48. The van der Waals surface area contributed by atoms with E-state index in [-0.39, 0.29) is 5.91 Å². The van der Waals surface area contributed by atoms with Gasteiger partial charge < -0.3 is 18.8 Å². The Labute approximate surface area is 122 Å². The number of ether oxygens (including phenoxy) is 2. The normalized spacial score (nSPS) is 21.2. The van der Waals surface area contributed by atoms with E-state index in [9.17, 15) is 4.79 Å². The summed E-state index contributed by atoms with van der Waals surface area (Å²) in [7, 11) is 0. The summed E-state index contributed by atoms with van der Waals surface area (Å²) in [6.07, 6.45) is 6.91. The van der Waals surface area contributed by atoms with E-state index < -0.39 is 5.79 Å². The Hall–Kier alpha value is -1.92. The lowest BCUT2D eigenvalue weighted by molar-refractivity contribution is -0.181. The van der Waals surface area contributed by atoms with E-state index in [1.54, 1.807) is 6.20 Å². The Morgan fingerprint density at radius 1 is 1.19 bits per heavy atom. The molecule has 4 rings (SSSR count). The van der Waals surface area contributed by atoms with Gasteiger partial charge in [-0.2, -0.15) is 0 Å². The molecule has 0 radical (unpaired) electrons. The number of aromatic nitrogens is 2. The Bertz CT molecular complexity index is 666. The smallest absolute Gasteiger partial charge is 0.257 e. The molecule has 0 unspecified atom stereocenters. The van der Waals surface area contributed by atoms with Crippen LogP contribution < -0.4 is 0 Å². The summed E-state index contributed by atoms with van der Waals surface area (Å²) in [5.41, 5.74) is 1.35. The highest BCUT2D eigenvalue weighted by molar-refractivity contribution is 5.99. The number of likely N-dealkylation sites (tertiary alicyclic amines) is 1. The fourth-order valence-electron chi connectivity index (χ4n) is 3.12. The first-order chi connectivity index (χ1) is 10.3. The highest BCUT2D eigenvalue weighted by atomic mass is 16.7. The Kier molecular flexibility index (Phi) is 2.94. The average molecular weight is 287 g/mol. The number of nitrogens with zero attached hydrogens (tertiary/aromatic N) is 3. The van der Waals surface area contributed by atoms with Crippen LogP contribution in [0, 0.1) is 0 Å². The molecule has 0 aliphatic carbocycles. The van der Waals surface area contributed by atoms with Crippen LogP contribution in [-0.2, 0) is 9.47 Å². The molecule has 0 atom stereocenters. The summed E-state index contributed by atoms with van der Waals surface area (Å²) >= 11 is 0. The highest BCUT2D eigenvalue weighted by Gasteiger charge is 2.41. The minimum atomic E-state index is -0.448. The second kappa shape index (κ2) is 4.82. The zero-order valence-electron chi connectivity index (χ0n) is 11.7. The molecule has 2 aromatic heterocycles. The van der Waals surface area contributed by atoms with Crippen molar-refractivity contribution in [1.29, 1.82) is 0 Å². The minimum absolute atomic E-state index is 0.0275. The lowest BCUT2D eigenvalue weighted by Gasteiger charge is -2.37. The third kappa shape index (κ3) is 2.11. The Morgan fingerprint density at radius 3 is 2.71 bits per heavy atom. The third-order valence-electron chi connectivity index (χ3n) is 4.28. The van der Waals surface area contributed by atoms with Crippen molar-refractivity contribution in [2.24, 2.45) is 0 Å². The van der Waals surface area contributed by atoms with Gasteiger partial charge in [-0.25, -0.2) is 4.98 Å². The summed E-state index contributed by atoms with van der Waals surface area (Å²) in [6, 6.07) is 3.70. The van der Waals surface area contributed by atoms with Crippen LogP contribution in [0.15, 0.2) is 30.7 Å². The maximum absolute atomic E-state index is 12.7. The lowest BCUT2D eigenvalue weighted by atomic mass is 10.0. The molecule has 4 heterocycles. The predicted octanol–water partition coefficient (Wildman–Crippen LogP) is 1.31. The molecule has 2 aliphatic heterocycles. The molecule has 6 heteroatoms. The number of amides is 1. The zero-order chi connectivity index (χ0) is 14.3. The van der Waals surface area contributed by atoms with Crippen LogP contribution in [0.2, 0.25) is 0 Å². The van der Waals surface area contributed by atoms with Crippen LogP contribution >= 0.6 is 0 Å². The van der Waals surface area contributed by atoms with Gasteiger partial charge in [-0.05, 0) is 12.1 Å². The molecule has 2 aromatic rings. The number of fused-ring (bicyclic) bond motifs is 1. The van der Waals surface area contributed by atoms with Crippen LogP contribution in [0.3, 0.4) is 0 Å². The van der Waals surface area contributed by atoms with Crippen LogP contribution in [0.25, 0.3) is 5.65 Å². The molecule has 2 fully saturated rings. The number of hydrogen-bond acceptors (Lipinski definition) is 4. The second-order valence-electron chi connectivity index (χ2n) is 5.48. The van der Waals surface area contributed by atoms with Gasteiger partial charge in [0.15, 0.2) is 5.79 Å². The van der Waals surface area contributed by atoms with Crippen molar-refractivity contribution in [3.8, 4) is 0 Å². The van der Waals surface area contributed by atoms with E-state index in [0.29, 0.717) is 37.5 Å². The van der Waals surface area contributed by atoms with Gasteiger partial charge in [0.2, 0.25) is 0 Å². The molecule has 0 bridgehead atoms. The molecule has 1 spiro atoms. The van der Waals surface area contributed by atoms with E-state index in [2.05, 4.69) is 4.98 Å². The molecule has 2 saturated heterocycles. The molecule has 2 aliphatic rings. The van der Waals surface area contributed by atoms with Gasteiger partial charge in [0.05, 0.1) is 18.8 Å². The van der Waals surface area contributed by atoms with Crippen molar-refractivity contribution in [3.63, 3.8) is 0 Å². The van der Waals surface area contributed by atoms with Gasteiger partial charge in [0.25, 0.3) is 5.91 Å². The predicted molar refractivity (Wildman–Crippen MR) is 75.0 cm³/mol. The molecule has 1 amide bonds. The SMILES string of the molecule is O=C(c1cccn2ccnc12)N1CCC2(CC1)OCCO2. The number of pyridine rings is 1. The van der Waals surface area contributed by atoms with Crippen molar-refractivity contribution >= 4 is 11.6 Å². The quantitative estimate of drug-likeness (QED) is 0.793. The number of carbonyl (C=O) groups is 1. The number of rotatable bonds is 1. The van der Waals surface area contributed by atoms with Gasteiger partial charge in [0, 0.05) is 44.5 Å². The summed E-state index contributed by atoms with van der Waals surface area (Å²) in [4.78, 5) is 18.8. The Balaban J connectivity index is 1.54. The van der Waals surface area contributed by atoms with Crippen molar-refractivity contribution < 1.29 is 14.3 Å². The van der Waals surface area contributed by atoms with E-state index in [0.717, 1.165) is 12.8 Å². The maximum atomic E-state index is 12.7. The molecule has 6 nitrogen and oxygen atoms in total. The van der Waals surface area contributed by atoms with Gasteiger partial charge in [-0.1, -0.05) is 0 Å². The molecule has 110 valence electrons. The monoisotopic (exact) mass is 287 g/mol. The largest absolute Gasteiger partial charge is 0.347 e. The van der Waals surface area contributed by atoms with E-state index >= 15 is 0 Å². The van der Waals surface area contributed by atoms with Crippen molar-refractivity contribution in [3.05, 3.63) is 36.3 Å². The standard InChI is InChI=1S/C15H17N3O3/c19-14(12-2-1-6-17-9-5-16-13(12)17)18-7-3-15(4-8-18)20-10-11-21-15/h1-2,5-6,9H,3-4,7-8,10-11H2. The first-order valence-electron chi connectivity index (χ1n) is 7.26. The molecule has 0 N–H and O–H groups in total. The molecular weight excluding hydrogens is 270 g/mol. The van der Waals surface area contributed by atoms with Gasteiger partial charge in [0.1, 0.15) is 5.65 Å². The van der Waals surface area contributed by atoms with E-state index in [1.807, 2.05) is 33.8 Å². The van der Waals surface area contributed by atoms with Crippen LogP contribution in [0.4, 0.5) is 0 Å². The topological polar surface area (TPSA) is 56.1 Å². The maximum Gasteiger partial charge on any atom is 0.257 e. The summed E-state index contributed by atoms with van der Waals surface area (Å²) in [5.74, 6) is -0.421. The Morgan fingerprint density at radius 2 is 1.95 bits per heavy atom. The molecule has 0 aromatic carbocycles. The van der Waals surface area contributed by atoms with E-state index in [1.165, 1.54) is 0 Å². The van der Waals surface area contributed by atoms with Crippen LogP contribution in [0.5, 0.6) is 0 Å². The van der Waals surface area contributed by atoms with Crippen LogP contribution in [0.1, 0.15) is 23.2 Å². The average Bonchev–Trinajstić information content (AvgIpc) is 3.16. The van der Waals surface area contributed by atoms with Gasteiger partial charge in [-0.15, -0.1) is 0 Å². The third-order valence-corrected chi connectivity index (χ3v) is 4.28. The fourth-order valence-corrected chi connectivity index (χ4v) is 3.12. The number of hydrogen-bond donors (Lipinski definition) is 0. The van der Waals surface area contributed by atoms with Crippen molar-refractivity contribution in [2.45, 2.75) is 18.6 Å². The molecular formula is C15H17N3O3. The van der Waals surface area contributed by atoms with Crippen molar-refractivity contribution in [1.82, 2.24) is 14.3 Å². The highest BCUT2D eigenvalue weighted by Crippen LogP contribution is 2.31. The lowest BCUT2D eigenvalue weighted by Crippen LogP contribution is -2.47. The fraction of sp³-hybridized carbons (Fsp3) is 0.467. The van der Waals surface area contributed by atoms with Gasteiger partial charge in [-0.3, -0.25) is 4.79 Å². The molecule has 0 saturated carbocycles. The first kappa shape index (κ1) is 12.8. The first-order valence-corrected chi connectivity index (χ1v) is 7.26. The summed E-state index contributed by atoms with van der Waals surface area (Å²) in [6.45, 7) is 2.61. The van der Waals surface area contributed by atoms with Gasteiger partial charge >= 0.3 is 0 Å². The number of imidazole rings is 1. The zero-order valence-corrected chi connectivity index (χ0v) is 11.7. The van der Waals surface area contributed by atoms with E-state index in [4.69, 9.17) is 9.47 Å². The summed E-state index contributed by atoms with van der Waals surface area (Å²) < 4.78 is 13.3. The summed E-state index contributed by atoms with van der Waals surface area (Å²) in [5, 5.41) is 0. The molecule has 21 heavy (non-hydrogen) atoms. The number of carbonyl (C=O) groups excluding carboxylic acids is 1.